The van der Waals surface area contributed by atoms with E-state index in [9.17, 15) is 9.90 Å². The van der Waals surface area contributed by atoms with Crippen molar-refractivity contribution in [3.63, 3.8) is 0 Å². The maximum atomic E-state index is 12.2. The van der Waals surface area contributed by atoms with Gasteiger partial charge in [0.2, 0.25) is 5.91 Å². The molecule has 0 spiro atoms. The third-order valence-electron chi connectivity index (χ3n) is 4.03. The van der Waals surface area contributed by atoms with Gasteiger partial charge in [0.1, 0.15) is 6.10 Å². The fourth-order valence-corrected chi connectivity index (χ4v) is 2.99. The highest BCUT2D eigenvalue weighted by Gasteiger charge is 2.35. The molecule has 1 amide bonds. The molecule has 3 rings (SSSR count). The standard InChI is InChI=1S/C15H19NO3/c1-9-6-7-13(19-9)15(18)16-14-11-5-3-2-4-10(11)8-12(14)17/h2-5,9,12-14,17H,6-8H2,1H3,(H,16,18). The molecule has 2 N–H and O–H groups in total. The van der Waals surface area contributed by atoms with Crippen molar-refractivity contribution in [2.24, 2.45) is 0 Å². The van der Waals surface area contributed by atoms with E-state index in [0.717, 1.165) is 24.0 Å². The molecule has 19 heavy (non-hydrogen) atoms. The van der Waals surface area contributed by atoms with Gasteiger partial charge >= 0.3 is 0 Å². The van der Waals surface area contributed by atoms with Crippen LogP contribution in [-0.4, -0.2) is 29.3 Å². The Labute approximate surface area is 112 Å². The van der Waals surface area contributed by atoms with Crippen molar-refractivity contribution in [1.82, 2.24) is 5.32 Å². The predicted octanol–water partition coefficient (Wildman–Crippen LogP) is 1.33. The molecule has 1 aliphatic heterocycles. The summed E-state index contributed by atoms with van der Waals surface area (Å²) in [6.45, 7) is 1.98. The Balaban J connectivity index is 1.71. The van der Waals surface area contributed by atoms with Gasteiger partial charge < -0.3 is 15.2 Å². The lowest BCUT2D eigenvalue weighted by Gasteiger charge is -2.20. The number of ether oxygens (including phenoxy) is 1. The molecule has 2 aliphatic rings. The first-order valence-electron chi connectivity index (χ1n) is 6.87. The van der Waals surface area contributed by atoms with Gasteiger partial charge in [0.05, 0.1) is 18.2 Å². The largest absolute Gasteiger partial charge is 0.390 e. The van der Waals surface area contributed by atoms with Crippen LogP contribution in [0.1, 0.15) is 36.9 Å². The lowest BCUT2D eigenvalue weighted by atomic mass is 10.1. The van der Waals surface area contributed by atoms with E-state index in [4.69, 9.17) is 4.74 Å². The van der Waals surface area contributed by atoms with Gasteiger partial charge in [0.15, 0.2) is 0 Å². The molecule has 0 radical (unpaired) electrons. The maximum absolute atomic E-state index is 12.2. The monoisotopic (exact) mass is 261 g/mol. The number of aliphatic hydroxyl groups is 1. The van der Waals surface area contributed by atoms with Crippen molar-refractivity contribution in [3.8, 4) is 0 Å². The minimum Gasteiger partial charge on any atom is -0.390 e. The zero-order valence-electron chi connectivity index (χ0n) is 11.0. The highest BCUT2D eigenvalue weighted by atomic mass is 16.5. The van der Waals surface area contributed by atoms with Gasteiger partial charge in [-0.3, -0.25) is 4.79 Å². The smallest absolute Gasteiger partial charge is 0.249 e. The van der Waals surface area contributed by atoms with Crippen LogP contribution in [0, 0.1) is 0 Å². The van der Waals surface area contributed by atoms with Crippen LogP contribution in [0.15, 0.2) is 24.3 Å². The number of fused-ring (bicyclic) bond motifs is 1. The Morgan fingerprint density at radius 1 is 1.37 bits per heavy atom. The molecule has 4 atom stereocenters. The molecule has 0 aromatic heterocycles. The number of hydrogen-bond acceptors (Lipinski definition) is 3. The third kappa shape index (κ3) is 2.38. The average Bonchev–Trinajstić information content (AvgIpc) is 2.95. The number of carbonyl (C=O) groups is 1. The van der Waals surface area contributed by atoms with Crippen molar-refractivity contribution in [2.45, 2.75) is 50.5 Å². The normalized spacial score (nSPS) is 33.2. The molecule has 1 aromatic rings. The van der Waals surface area contributed by atoms with E-state index in [1.807, 2.05) is 31.2 Å². The van der Waals surface area contributed by atoms with E-state index in [1.54, 1.807) is 0 Å². The van der Waals surface area contributed by atoms with Crippen molar-refractivity contribution >= 4 is 5.91 Å². The van der Waals surface area contributed by atoms with Gasteiger partial charge in [0.25, 0.3) is 0 Å². The molecule has 4 heteroatoms. The number of aliphatic hydroxyl groups excluding tert-OH is 1. The van der Waals surface area contributed by atoms with Gasteiger partial charge in [0, 0.05) is 6.42 Å². The summed E-state index contributed by atoms with van der Waals surface area (Å²) >= 11 is 0. The lowest BCUT2D eigenvalue weighted by molar-refractivity contribution is -0.133. The second kappa shape index (κ2) is 4.94. The SMILES string of the molecule is CC1CCC(C(=O)NC2c3ccccc3CC2O)O1. The van der Waals surface area contributed by atoms with E-state index < -0.39 is 6.10 Å². The molecule has 1 aliphatic carbocycles. The fraction of sp³-hybridized carbons (Fsp3) is 0.533. The molecule has 1 saturated heterocycles. The van der Waals surface area contributed by atoms with Crippen LogP contribution in [0.5, 0.6) is 0 Å². The Hall–Kier alpha value is -1.39. The molecule has 0 saturated carbocycles. The first kappa shape index (κ1) is 12.6. The van der Waals surface area contributed by atoms with Crippen LogP contribution in [-0.2, 0) is 16.0 Å². The van der Waals surface area contributed by atoms with Crippen molar-refractivity contribution < 1.29 is 14.6 Å². The summed E-state index contributed by atoms with van der Waals surface area (Å²) in [5, 5.41) is 13.0. The molecule has 4 unspecified atom stereocenters. The summed E-state index contributed by atoms with van der Waals surface area (Å²) in [7, 11) is 0. The van der Waals surface area contributed by atoms with Crippen molar-refractivity contribution in [1.29, 1.82) is 0 Å². The van der Waals surface area contributed by atoms with Crippen LogP contribution >= 0.6 is 0 Å². The number of amides is 1. The first-order chi connectivity index (χ1) is 9.15. The maximum Gasteiger partial charge on any atom is 0.249 e. The summed E-state index contributed by atoms with van der Waals surface area (Å²) in [4.78, 5) is 12.2. The Morgan fingerprint density at radius 2 is 2.16 bits per heavy atom. The van der Waals surface area contributed by atoms with Crippen molar-refractivity contribution in [2.75, 3.05) is 0 Å². The molecule has 1 aromatic carbocycles. The topological polar surface area (TPSA) is 58.6 Å². The first-order valence-corrected chi connectivity index (χ1v) is 6.87. The molecular formula is C15H19NO3. The quantitative estimate of drug-likeness (QED) is 0.844. The summed E-state index contributed by atoms with van der Waals surface area (Å²) in [6, 6.07) is 7.55. The van der Waals surface area contributed by atoms with Gasteiger partial charge in [-0.2, -0.15) is 0 Å². The van der Waals surface area contributed by atoms with E-state index in [0.29, 0.717) is 6.42 Å². The minimum atomic E-state index is -0.542. The number of hydrogen-bond donors (Lipinski definition) is 2. The molecule has 0 bridgehead atoms. The van der Waals surface area contributed by atoms with Crippen LogP contribution < -0.4 is 5.32 Å². The number of benzene rings is 1. The second-order valence-electron chi connectivity index (χ2n) is 5.47. The zero-order chi connectivity index (χ0) is 13.4. The predicted molar refractivity (Wildman–Crippen MR) is 70.6 cm³/mol. The van der Waals surface area contributed by atoms with Crippen molar-refractivity contribution in [3.05, 3.63) is 35.4 Å². The number of rotatable bonds is 2. The molecule has 1 fully saturated rings. The van der Waals surface area contributed by atoms with Crippen LogP contribution in [0.25, 0.3) is 0 Å². The number of nitrogens with one attached hydrogen (secondary N) is 1. The molecular weight excluding hydrogens is 242 g/mol. The van der Waals surface area contributed by atoms with Gasteiger partial charge in [-0.1, -0.05) is 24.3 Å². The summed E-state index contributed by atoms with van der Waals surface area (Å²) < 4.78 is 5.56. The summed E-state index contributed by atoms with van der Waals surface area (Å²) in [5.41, 5.74) is 2.13. The van der Waals surface area contributed by atoms with Gasteiger partial charge in [-0.25, -0.2) is 0 Å². The Morgan fingerprint density at radius 3 is 2.89 bits per heavy atom. The van der Waals surface area contributed by atoms with Gasteiger partial charge in [-0.15, -0.1) is 0 Å². The highest BCUT2D eigenvalue weighted by molar-refractivity contribution is 5.81. The van der Waals surface area contributed by atoms with E-state index in [-0.39, 0.29) is 24.2 Å². The molecule has 4 nitrogen and oxygen atoms in total. The zero-order valence-corrected chi connectivity index (χ0v) is 11.0. The summed E-state index contributed by atoms with van der Waals surface area (Å²) in [5.74, 6) is -0.106. The van der Waals surface area contributed by atoms with Crippen LogP contribution in [0.3, 0.4) is 0 Å². The fourth-order valence-electron chi connectivity index (χ4n) is 2.99. The average molecular weight is 261 g/mol. The second-order valence-corrected chi connectivity index (χ2v) is 5.47. The van der Waals surface area contributed by atoms with E-state index in [1.165, 1.54) is 0 Å². The Bertz CT molecular complexity index is 488. The molecule has 1 heterocycles. The van der Waals surface area contributed by atoms with E-state index >= 15 is 0 Å². The van der Waals surface area contributed by atoms with Gasteiger partial charge in [-0.05, 0) is 30.9 Å². The third-order valence-corrected chi connectivity index (χ3v) is 4.03. The number of carbonyl (C=O) groups excluding carboxylic acids is 1. The van der Waals surface area contributed by atoms with Crippen LogP contribution in [0.4, 0.5) is 0 Å². The summed E-state index contributed by atoms with van der Waals surface area (Å²) in [6.07, 6.45) is 1.52. The van der Waals surface area contributed by atoms with Crippen LogP contribution in [0.2, 0.25) is 0 Å². The minimum absolute atomic E-state index is 0.106. The Kier molecular flexibility index (Phi) is 3.29. The molecule has 102 valence electrons. The lowest BCUT2D eigenvalue weighted by Crippen LogP contribution is -2.40. The highest BCUT2D eigenvalue weighted by Crippen LogP contribution is 2.31. The van der Waals surface area contributed by atoms with E-state index in [2.05, 4.69) is 5.32 Å².